The van der Waals surface area contributed by atoms with E-state index in [0.29, 0.717) is 29.2 Å². The van der Waals surface area contributed by atoms with E-state index in [4.69, 9.17) is 19.7 Å². The second-order valence-corrected chi connectivity index (χ2v) is 10.1. The summed E-state index contributed by atoms with van der Waals surface area (Å²) in [6.45, 7) is 2.52. The maximum absolute atomic E-state index is 8.86. The first kappa shape index (κ1) is 24.6. The average molecular weight is 518 g/mol. The number of azide groups is 1. The predicted molar refractivity (Wildman–Crippen MR) is 139 cm³/mol. The molecule has 0 radical (unpaired) electrons. The normalized spacial score (nSPS) is 24.7. The van der Waals surface area contributed by atoms with Crippen molar-refractivity contribution in [2.75, 3.05) is 38.5 Å². The fourth-order valence-corrected chi connectivity index (χ4v) is 5.88. The first-order valence-corrected chi connectivity index (χ1v) is 13.1. The lowest BCUT2D eigenvalue weighted by Gasteiger charge is -2.22. The zero-order valence-corrected chi connectivity index (χ0v) is 21.4. The fourth-order valence-electron chi connectivity index (χ4n) is 5.88. The van der Waals surface area contributed by atoms with Crippen LogP contribution in [-0.2, 0) is 9.47 Å². The number of methoxy groups -OCH3 is 1. The molecule has 0 amide bonds. The molecule has 1 saturated carbocycles. The Morgan fingerprint density at radius 2 is 2.08 bits per heavy atom. The molecule has 2 aromatic heterocycles. The van der Waals surface area contributed by atoms with Gasteiger partial charge in [-0.2, -0.15) is 5.10 Å². The molecule has 2 saturated heterocycles. The highest BCUT2D eigenvalue weighted by atomic mass is 16.7. The monoisotopic (exact) mass is 517 g/mol. The van der Waals surface area contributed by atoms with Crippen molar-refractivity contribution in [3.63, 3.8) is 0 Å². The van der Waals surface area contributed by atoms with E-state index >= 15 is 0 Å². The third-order valence-electron chi connectivity index (χ3n) is 7.83. The zero-order valence-electron chi connectivity index (χ0n) is 21.4. The van der Waals surface area contributed by atoms with E-state index in [-0.39, 0.29) is 19.1 Å². The van der Waals surface area contributed by atoms with Gasteiger partial charge in [-0.3, -0.25) is 0 Å². The molecule has 1 aliphatic carbocycles. The average Bonchev–Trinajstić information content (AvgIpc) is 3.70. The number of ether oxygens (including phenoxy) is 3. The van der Waals surface area contributed by atoms with Gasteiger partial charge in [-0.25, -0.2) is 9.67 Å². The first-order valence-electron chi connectivity index (χ1n) is 13.1. The van der Waals surface area contributed by atoms with Crippen LogP contribution in [0.3, 0.4) is 0 Å². The number of benzene rings is 1. The van der Waals surface area contributed by atoms with Crippen molar-refractivity contribution in [2.45, 2.75) is 44.4 Å². The lowest BCUT2D eigenvalue weighted by molar-refractivity contribution is -0.0394. The molecule has 6 rings (SSSR count). The van der Waals surface area contributed by atoms with Crippen LogP contribution < -0.4 is 9.64 Å². The van der Waals surface area contributed by atoms with E-state index in [1.54, 1.807) is 13.3 Å². The maximum Gasteiger partial charge on any atom is 0.245 e. The Hall–Kier alpha value is -3.73. The third-order valence-corrected chi connectivity index (χ3v) is 7.83. The standard InChI is InChI=1S/C26H31N9O3/c1-36-16-38-24-10-17(19-11-29-35(14-19)25-4-2-3-9-37-25)5-7-20(24)23-12-28-26(32-30-23)34-13-18-6-8-22(31-33-27)21(18)15-34/h5,7,10-12,14,18,21-22,25H,2-4,6,8-9,13,15-16H2,1H3/t18-,21+,22+,25?/m1/s1. The molecule has 0 N–H and O–H groups in total. The minimum absolute atomic E-state index is 0.0130. The summed E-state index contributed by atoms with van der Waals surface area (Å²) in [6, 6.07) is 6.00. The van der Waals surface area contributed by atoms with Gasteiger partial charge in [0.25, 0.3) is 0 Å². The van der Waals surface area contributed by atoms with Gasteiger partial charge in [0.15, 0.2) is 6.79 Å². The van der Waals surface area contributed by atoms with Gasteiger partial charge >= 0.3 is 0 Å². The van der Waals surface area contributed by atoms with Crippen molar-refractivity contribution < 1.29 is 14.2 Å². The molecular weight excluding hydrogens is 486 g/mol. The maximum atomic E-state index is 8.86. The number of nitrogens with zero attached hydrogens (tertiary/aromatic N) is 9. The Balaban J connectivity index is 1.21. The summed E-state index contributed by atoms with van der Waals surface area (Å²) < 4.78 is 18.9. The quantitative estimate of drug-likeness (QED) is 0.183. The van der Waals surface area contributed by atoms with Crippen molar-refractivity contribution in [3.05, 3.63) is 47.2 Å². The van der Waals surface area contributed by atoms with E-state index in [2.05, 4.69) is 35.2 Å². The summed E-state index contributed by atoms with van der Waals surface area (Å²) in [5.74, 6) is 2.08. The molecule has 12 heteroatoms. The van der Waals surface area contributed by atoms with E-state index in [1.165, 1.54) is 0 Å². The molecule has 1 aromatic carbocycles. The summed E-state index contributed by atoms with van der Waals surface area (Å²) in [7, 11) is 1.59. The number of aromatic nitrogens is 5. The highest BCUT2D eigenvalue weighted by Gasteiger charge is 2.43. The molecule has 198 valence electrons. The van der Waals surface area contributed by atoms with Gasteiger partial charge < -0.3 is 19.1 Å². The number of fused-ring (bicyclic) bond motifs is 1. The minimum Gasteiger partial charge on any atom is -0.467 e. The van der Waals surface area contributed by atoms with Crippen LogP contribution in [0.25, 0.3) is 32.8 Å². The van der Waals surface area contributed by atoms with Gasteiger partial charge in [-0.15, -0.1) is 10.2 Å². The Morgan fingerprint density at radius 1 is 1.13 bits per heavy atom. The summed E-state index contributed by atoms with van der Waals surface area (Å²) in [6.07, 6.45) is 10.8. The number of hydrogen-bond donors (Lipinski definition) is 0. The number of hydrogen-bond acceptors (Lipinski definition) is 9. The molecule has 1 unspecified atom stereocenters. The Bertz CT molecular complexity index is 1300. The summed E-state index contributed by atoms with van der Waals surface area (Å²) in [5, 5.41) is 17.5. The van der Waals surface area contributed by atoms with Crippen LogP contribution >= 0.6 is 0 Å². The van der Waals surface area contributed by atoms with Gasteiger partial charge in [0.2, 0.25) is 5.95 Å². The number of rotatable bonds is 8. The van der Waals surface area contributed by atoms with Crippen molar-refractivity contribution >= 4 is 5.95 Å². The van der Waals surface area contributed by atoms with Crippen molar-refractivity contribution in [1.82, 2.24) is 25.0 Å². The van der Waals surface area contributed by atoms with Crippen LogP contribution in [0.2, 0.25) is 0 Å². The van der Waals surface area contributed by atoms with E-state index in [1.807, 2.05) is 35.3 Å². The molecule has 0 spiro atoms. The molecule has 4 atom stereocenters. The van der Waals surface area contributed by atoms with Crippen LogP contribution in [-0.4, -0.2) is 64.6 Å². The molecule has 12 nitrogen and oxygen atoms in total. The van der Waals surface area contributed by atoms with Crippen molar-refractivity contribution in [2.24, 2.45) is 17.0 Å². The Morgan fingerprint density at radius 3 is 2.87 bits per heavy atom. The highest BCUT2D eigenvalue weighted by Crippen LogP contribution is 2.41. The lowest BCUT2D eigenvalue weighted by atomic mass is 9.98. The fraction of sp³-hybridized carbons (Fsp3) is 0.538. The van der Waals surface area contributed by atoms with Gasteiger partial charge in [-0.1, -0.05) is 11.2 Å². The van der Waals surface area contributed by atoms with Crippen molar-refractivity contribution in [1.29, 1.82) is 0 Å². The Labute approximate surface area is 220 Å². The molecule has 3 aromatic rings. The molecule has 3 aliphatic rings. The zero-order chi connectivity index (χ0) is 25.9. The third kappa shape index (κ3) is 4.90. The molecule has 38 heavy (non-hydrogen) atoms. The molecule has 0 bridgehead atoms. The van der Waals surface area contributed by atoms with E-state index in [0.717, 1.165) is 68.5 Å². The topological polar surface area (TPSA) is 136 Å². The highest BCUT2D eigenvalue weighted by molar-refractivity contribution is 5.74. The second-order valence-electron chi connectivity index (χ2n) is 10.1. The van der Waals surface area contributed by atoms with Crippen LogP contribution in [0.5, 0.6) is 5.75 Å². The molecule has 2 aliphatic heterocycles. The SMILES string of the molecule is COCOc1cc(-c2cnn(C3CCCCO3)c2)ccc1-c1cnc(N2C[C@H]3CC[C@H](N=[N+]=[N-])[C@H]3C2)nn1. The van der Waals surface area contributed by atoms with Gasteiger partial charge in [0.1, 0.15) is 17.7 Å². The Kier molecular flexibility index (Phi) is 7.08. The van der Waals surface area contributed by atoms with Crippen LogP contribution in [0.15, 0.2) is 41.9 Å². The largest absolute Gasteiger partial charge is 0.467 e. The van der Waals surface area contributed by atoms with Crippen LogP contribution in [0.1, 0.15) is 38.3 Å². The van der Waals surface area contributed by atoms with E-state index < -0.39 is 0 Å². The molecule has 3 fully saturated rings. The summed E-state index contributed by atoms with van der Waals surface area (Å²) in [5.41, 5.74) is 12.2. The lowest BCUT2D eigenvalue weighted by Crippen LogP contribution is -2.25. The summed E-state index contributed by atoms with van der Waals surface area (Å²) >= 11 is 0. The predicted octanol–water partition coefficient (Wildman–Crippen LogP) is 4.61. The smallest absolute Gasteiger partial charge is 0.245 e. The molecular formula is C26H31N9O3. The van der Waals surface area contributed by atoms with Gasteiger partial charge in [0.05, 0.1) is 12.4 Å². The molecule has 4 heterocycles. The van der Waals surface area contributed by atoms with E-state index in [9.17, 15) is 0 Å². The van der Waals surface area contributed by atoms with Crippen LogP contribution in [0.4, 0.5) is 5.95 Å². The number of anilines is 1. The second kappa shape index (κ2) is 10.9. The van der Waals surface area contributed by atoms with Gasteiger partial charge in [-0.05, 0) is 67.2 Å². The summed E-state index contributed by atoms with van der Waals surface area (Å²) in [4.78, 5) is 9.80. The van der Waals surface area contributed by atoms with Crippen LogP contribution in [0, 0.1) is 11.8 Å². The minimum atomic E-state index is -0.0130. The van der Waals surface area contributed by atoms with Crippen molar-refractivity contribution in [3.8, 4) is 28.1 Å². The first-order chi connectivity index (χ1) is 18.7. The van der Waals surface area contributed by atoms with Gasteiger partial charge in [0, 0.05) is 55.1 Å².